The summed E-state index contributed by atoms with van der Waals surface area (Å²) in [7, 11) is -2.11. The average molecular weight is 133 g/mol. The predicted octanol–water partition coefficient (Wildman–Crippen LogP) is 0.356. The topological polar surface area (TPSA) is 34.1 Å². The fraction of sp³-hybridized carbons (Fsp3) is 0.800. The Balaban J connectivity index is 2.03. The summed E-state index contributed by atoms with van der Waals surface area (Å²) in [5.41, 5.74) is 0. The van der Waals surface area contributed by atoms with E-state index in [0.717, 1.165) is 6.42 Å². The van der Waals surface area contributed by atoms with Crippen molar-refractivity contribution in [1.29, 1.82) is 0 Å². The standard InChI is InChI=1S/C5H9O2S/c6-8(7)4-3-5-1-2-5/h8H,1-4H2. The van der Waals surface area contributed by atoms with Gasteiger partial charge in [-0.1, -0.05) is 0 Å². The largest absolute Gasteiger partial charge is 0.232 e. The van der Waals surface area contributed by atoms with Gasteiger partial charge in [0.05, 0.1) is 0 Å². The highest BCUT2D eigenvalue weighted by Crippen LogP contribution is 2.34. The molecule has 0 atom stereocenters. The van der Waals surface area contributed by atoms with Crippen LogP contribution in [-0.2, 0) is 10.7 Å². The third-order valence-corrected chi connectivity index (χ3v) is 1.84. The second-order valence-electron chi connectivity index (χ2n) is 2.06. The van der Waals surface area contributed by atoms with Crippen molar-refractivity contribution < 1.29 is 8.42 Å². The second-order valence-corrected chi connectivity index (χ2v) is 3.17. The Kier molecular flexibility index (Phi) is 1.89. The Morgan fingerprint density at radius 3 is 2.38 bits per heavy atom. The number of hydrogen-bond acceptors (Lipinski definition) is 2. The normalized spacial score (nSPS) is 19.6. The molecule has 1 fully saturated rings. The quantitative estimate of drug-likeness (QED) is 0.564. The first-order chi connectivity index (χ1) is 3.79. The van der Waals surface area contributed by atoms with Crippen molar-refractivity contribution >= 4 is 10.7 Å². The lowest BCUT2D eigenvalue weighted by Crippen LogP contribution is -1.86. The highest BCUT2D eigenvalue weighted by molar-refractivity contribution is 7.72. The molecule has 1 aliphatic rings. The summed E-state index contributed by atoms with van der Waals surface area (Å²) in [6.07, 6.45) is 3.16. The van der Waals surface area contributed by atoms with Crippen LogP contribution in [0.25, 0.3) is 0 Å². The third-order valence-electron chi connectivity index (χ3n) is 1.25. The Morgan fingerprint density at radius 2 is 2.00 bits per heavy atom. The number of hydrogen-bond donors (Lipinski definition) is 1. The SMILES string of the molecule is O=[SH](=O)CC[C]1CC1. The van der Waals surface area contributed by atoms with E-state index in [2.05, 4.69) is 0 Å². The van der Waals surface area contributed by atoms with Crippen LogP contribution in [0.15, 0.2) is 0 Å². The van der Waals surface area contributed by atoms with Crippen molar-refractivity contribution in [3.63, 3.8) is 0 Å². The monoisotopic (exact) mass is 133 g/mol. The van der Waals surface area contributed by atoms with Gasteiger partial charge in [0.1, 0.15) is 10.7 Å². The number of rotatable bonds is 3. The second kappa shape index (κ2) is 2.49. The Hall–Kier alpha value is -0.0500. The molecule has 3 heteroatoms. The first-order valence-electron chi connectivity index (χ1n) is 2.74. The molecule has 0 saturated heterocycles. The van der Waals surface area contributed by atoms with E-state index in [1.165, 1.54) is 18.8 Å². The molecule has 0 heterocycles. The van der Waals surface area contributed by atoms with Gasteiger partial charge in [-0.25, -0.2) is 8.42 Å². The minimum Gasteiger partial charge on any atom is -0.232 e. The predicted molar refractivity (Wildman–Crippen MR) is 32.3 cm³/mol. The van der Waals surface area contributed by atoms with Crippen molar-refractivity contribution in [2.75, 3.05) is 5.75 Å². The van der Waals surface area contributed by atoms with Crippen LogP contribution >= 0.6 is 0 Å². The van der Waals surface area contributed by atoms with Crippen molar-refractivity contribution in [3.05, 3.63) is 5.92 Å². The molecule has 0 aromatic heterocycles. The first-order valence-corrected chi connectivity index (χ1v) is 4.10. The van der Waals surface area contributed by atoms with Crippen molar-refractivity contribution in [2.45, 2.75) is 19.3 Å². The van der Waals surface area contributed by atoms with Gasteiger partial charge in [-0.2, -0.15) is 0 Å². The molecular formula is C5H9O2S. The molecule has 0 aromatic rings. The lowest BCUT2D eigenvalue weighted by atomic mass is 10.3. The van der Waals surface area contributed by atoms with Gasteiger partial charge in [0.25, 0.3) is 0 Å². The zero-order chi connectivity index (χ0) is 5.98. The summed E-state index contributed by atoms with van der Waals surface area (Å²) in [5, 5.41) is 0. The highest BCUT2D eigenvalue weighted by atomic mass is 32.2. The molecular weight excluding hydrogens is 124 g/mol. The summed E-state index contributed by atoms with van der Waals surface area (Å²) in [6, 6.07) is 0. The molecule has 1 aliphatic carbocycles. The Labute approximate surface area is 50.9 Å². The van der Waals surface area contributed by atoms with Gasteiger partial charge in [-0.05, 0) is 25.2 Å². The van der Waals surface area contributed by atoms with Crippen LogP contribution < -0.4 is 0 Å². The highest BCUT2D eigenvalue weighted by Gasteiger charge is 2.21. The maximum absolute atomic E-state index is 9.96. The van der Waals surface area contributed by atoms with Gasteiger partial charge >= 0.3 is 0 Å². The van der Waals surface area contributed by atoms with Gasteiger partial charge in [0, 0.05) is 5.75 Å². The van der Waals surface area contributed by atoms with Crippen molar-refractivity contribution in [1.82, 2.24) is 0 Å². The summed E-state index contributed by atoms with van der Waals surface area (Å²) >= 11 is 0. The lowest BCUT2D eigenvalue weighted by Gasteiger charge is -1.83. The van der Waals surface area contributed by atoms with Crippen LogP contribution in [0.5, 0.6) is 0 Å². The van der Waals surface area contributed by atoms with E-state index < -0.39 is 10.7 Å². The third kappa shape index (κ3) is 2.31. The summed E-state index contributed by atoms with van der Waals surface area (Å²) in [5.74, 6) is 1.79. The van der Waals surface area contributed by atoms with Crippen LogP contribution in [0, 0.1) is 5.92 Å². The zero-order valence-corrected chi connectivity index (χ0v) is 5.49. The van der Waals surface area contributed by atoms with Crippen LogP contribution in [0.2, 0.25) is 0 Å². The van der Waals surface area contributed by atoms with E-state index in [4.69, 9.17) is 0 Å². The number of thiol groups is 1. The molecule has 0 N–H and O–H groups in total. The Morgan fingerprint density at radius 1 is 1.38 bits per heavy atom. The van der Waals surface area contributed by atoms with Crippen LogP contribution in [0.3, 0.4) is 0 Å². The maximum Gasteiger partial charge on any atom is 0.140 e. The van der Waals surface area contributed by atoms with Crippen LogP contribution in [0.4, 0.5) is 0 Å². The zero-order valence-electron chi connectivity index (χ0n) is 4.59. The smallest absolute Gasteiger partial charge is 0.140 e. The van der Waals surface area contributed by atoms with E-state index in [1.807, 2.05) is 0 Å². The Bertz CT molecular complexity index is 127. The molecule has 0 bridgehead atoms. The minimum absolute atomic E-state index is 0.366. The minimum atomic E-state index is -2.11. The van der Waals surface area contributed by atoms with Crippen molar-refractivity contribution in [3.8, 4) is 0 Å². The summed E-state index contributed by atoms with van der Waals surface area (Å²) in [4.78, 5) is 0. The van der Waals surface area contributed by atoms with Crippen LogP contribution in [-0.4, -0.2) is 14.2 Å². The van der Waals surface area contributed by atoms with Gasteiger partial charge in [0.15, 0.2) is 0 Å². The molecule has 1 rings (SSSR count). The molecule has 8 heavy (non-hydrogen) atoms. The summed E-state index contributed by atoms with van der Waals surface area (Å²) in [6.45, 7) is 0. The van der Waals surface area contributed by atoms with E-state index in [9.17, 15) is 8.42 Å². The molecule has 1 saturated carbocycles. The molecule has 0 aliphatic heterocycles. The van der Waals surface area contributed by atoms with Crippen molar-refractivity contribution in [2.24, 2.45) is 0 Å². The van der Waals surface area contributed by atoms with Gasteiger partial charge in [0.2, 0.25) is 0 Å². The molecule has 0 spiro atoms. The molecule has 0 aromatic carbocycles. The average Bonchev–Trinajstić information content (AvgIpc) is 2.41. The molecule has 47 valence electrons. The van der Waals surface area contributed by atoms with Gasteiger partial charge < -0.3 is 0 Å². The lowest BCUT2D eigenvalue weighted by molar-refractivity contribution is 0.613. The van der Waals surface area contributed by atoms with E-state index in [1.54, 1.807) is 0 Å². The summed E-state index contributed by atoms with van der Waals surface area (Å²) < 4.78 is 19.9. The van der Waals surface area contributed by atoms with E-state index in [-0.39, 0.29) is 0 Å². The van der Waals surface area contributed by atoms with Gasteiger partial charge in [-0.3, -0.25) is 0 Å². The van der Waals surface area contributed by atoms with Crippen LogP contribution in [0.1, 0.15) is 19.3 Å². The fourth-order valence-electron chi connectivity index (χ4n) is 0.588. The molecule has 0 unspecified atom stereocenters. The van der Waals surface area contributed by atoms with E-state index in [0.29, 0.717) is 5.75 Å². The molecule has 0 amide bonds. The van der Waals surface area contributed by atoms with E-state index >= 15 is 0 Å². The first kappa shape index (κ1) is 6.08. The fourth-order valence-corrected chi connectivity index (χ4v) is 1.09. The molecule has 2 nitrogen and oxygen atoms in total. The van der Waals surface area contributed by atoms with Gasteiger partial charge in [-0.15, -0.1) is 0 Å². The molecule has 1 radical (unpaired) electrons. The maximum atomic E-state index is 9.96.